The molecule has 0 saturated carbocycles. The van der Waals surface area contributed by atoms with Crippen molar-refractivity contribution in [2.24, 2.45) is 0 Å². The van der Waals surface area contributed by atoms with Gasteiger partial charge in [-0.1, -0.05) is 11.3 Å². The van der Waals surface area contributed by atoms with Crippen LogP contribution >= 0.6 is 11.3 Å². The third kappa shape index (κ3) is 2.46. The van der Waals surface area contributed by atoms with Gasteiger partial charge in [-0.2, -0.15) is 5.26 Å². The molecule has 1 aliphatic rings. The second-order valence-corrected chi connectivity index (χ2v) is 6.65. The molecule has 0 bridgehead atoms. The Bertz CT molecular complexity index is 500. The molecule has 2 rings (SSSR count). The molecule has 2 heterocycles. The number of hydrogen-bond donors (Lipinski definition) is 1. The highest BCUT2D eigenvalue weighted by Crippen LogP contribution is 2.21. The number of anilines is 1. The predicted molar refractivity (Wildman–Crippen MR) is 57.5 cm³/mol. The first-order valence-electron chi connectivity index (χ1n) is 4.42. The van der Waals surface area contributed by atoms with E-state index in [0.717, 1.165) is 0 Å². The zero-order valence-corrected chi connectivity index (χ0v) is 9.44. The van der Waals surface area contributed by atoms with Crippen LogP contribution in [0.4, 0.5) is 5.13 Å². The number of sulfone groups is 1. The molecule has 1 N–H and O–H groups in total. The molecule has 5 nitrogen and oxygen atoms in total. The zero-order valence-electron chi connectivity index (χ0n) is 7.80. The van der Waals surface area contributed by atoms with Crippen LogP contribution < -0.4 is 5.32 Å². The lowest BCUT2D eigenvalue weighted by molar-refractivity contribution is 0.602. The van der Waals surface area contributed by atoms with E-state index in [0.29, 0.717) is 16.4 Å². The van der Waals surface area contributed by atoms with E-state index in [2.05, 4.69) is 10.3 Å². The number of aromatic nitrogens is 1. The van der Waals surface area contributed by atoms with Gasteiger partial charge in [-0.3, -0.25) is 0 Å². The minimum Gasteiger partial charge on any atom is -0.358 e. The monoisotopic (exact) mass is 243 g/mol. The predicted octanol–water partition coefficient (Wildman–Crippen LogP) is 0.614. The molecule has 0 spiro atoms. The summed E-state index contributed by atoms with van der Waals surface area (Å²) in [6, 6.07) is 1.92. The molecule has 80 valence electrons. The highest BCUT2D eigenvalue weighted by atomic mass is 32.2. The van der Waals surface area contributed by atoms with Crippen LogP contribution in [-0.4, -0.2) is 30.9 Å². The number of thiazole rings is 1. The van der Waals surface area contributed by atoms with E-state index < -0.39 is 9.84 Å². The third-order valence-corrected chi connectivity index (χ3v) is 4.78. The Labute approximate surface area is 91.7 Å². The standard InChI is InChI=1S/C8H9N3O2S2/c9-3-7-4-10-8(14-7)11-6-1-2-15(12,13)5-6/h4,6H,1-2,5H2,(H,10,11). The van der Waals surface area contributed by atoms with E-state index in [9.17, 15) is 8.42 Å². The fraction of sp³-hybridized carbons (Fsp3) is 0.500. The number of hydrogen-bond acceptors (Lipinski definition) is 6. The van der Waals surface area contributed by atoms with E-state index >= 15 is 0 Å². The number of rotatable bonds is 2. The van der Waals surface area contributed by atoms with Crippen molar-refractivity contribution < 1.29 is 8.42 Å². The molecular formula is C8H9N3O2S2. The average Bonchev–Trinajstić information content (AvgIpc) is 2.73. The first-order valence-corrected chi connectivity index (χ1v) is 7.06. The van der Waals surface area contributed by atoms with Crippen molar-refractivity contribution in [3.63, 3.8) is 0 Å². The van der Waals surface area contributed by atoms with Gasteiger partial charge in [0, 0.05) is 6.04 Å². The van der Waals surface area contributed by atoms with E-state index in [4.69, 9.17) is 5.26 Å². The number of nitrogens with zero attached hydrogens (tertiary/aromatic N) is 2. The molecular weight excluding hydrogens is 234 g/mol. The maximum absolute atomic E-state index is 11.2. The Morgan fingerprint density at radius 1 is 1.67 bits per heavy atom. The second kappa shape index (κ2) is 3.79. The molecule has 15 heavy (non-hydrogen) atoms. The number of nitriles is 1. The van der Waals surface area contributed by atoms with Crippen LogP contribution in [-0.2, 0) is 9.84 Å². The highest BCUT2D eigenvalue weighted by molar-refractivity contribution is 7.91. The smallest absolute Gasteiger partial charge is 0.184 e. The Hall–Kier alpha value is -1.13. The van der Waals surface area contributed by atoms with Gasteiger partial charge in [0.25, 0.3) is 0 Å². The second-order valence-electron chi connectivity index (χ2n) is 3.39. The van der Waals surface area contributed by atoms with Crippen molar-refractivity contribution in [2.45, 2.75) is 12.5 Å². The molecule has 1 unspecified atom stereocenters. The third-order valence-electron chi connectivity index (χ3n) is 2.18. The lowest BCUT2D eigenvalue weighted by atomic mass is 10.3. The van der Waals surface area contributed by atoms with Crippen LogP contribution in [0, 0.1) is 11.3 Å². The van der Waals surface area contributed by atoms with Crippen molar-refractivity contribution in [3.8, 4) is 6.07 Å². The van der Waals surface area contributed by atoms with Gasteiger partial charge in [-0.25, -0.2) is 13.4 Å². The van der Waals surface area contributed by atoms with Gasteiger partial charge in [-0.15, -0.1) is 0 Å². The zero-order chi connectivity index (χ0) is 10.9. The van der Waals surface area contributed by atoms with Gasteiger partial charge >= 0.3 is 0 Å². The molecule has 1 atom stereocenters. The molecule has 1 aromatic heterocycles. The Morgan fingerprint density at radius 2 is 2.47 bits per heavy atom. The summed E-state index contributed by atoms with van der Waals surface area (Å²) < 4.78 is 22.4. The molecule has 0 aliphatic carbocycles. The van der Waals surface area contributed by atoms with Crippen LogP contribution in [0.1, 0.15) is 11.3 Å². The van der Waals surface area contributed by atoms with Crippen LogP contribution in [0.5, 0.6) is 0 Å². The van der Waals surface area contributed by atoms with Crippen molar-refractivity contribution in [2.75, 3.05) is 16.8 Å². The van der Waals surface area contributed by atoms with Crippen molar-refractivity contribution in [3.05, 3.63) is 11.1 Å². The van der Waals surface area contributed by atoms with Gasteiger partial charge in [0.15, 0.2) is 15.0 Å². The summed E-state index contributed by atoms with van der Waals surface area (Å²) in [7, 11) is -2.86. The molecule has 1 aromatic rings. The molecule has 7 heteroatoms. The normalized spacial score (nSPS) is 23.5. The Morgan fingerprint density at radius 3 is 3.00 bits per heavy atom. The molecule has 1 aliphatic heterocycles. The fourth-order valence-electron chi connectivity index (χ4n) is 1.48. The first-order chi connectivity index (χ1) is 7.09. The summed E-state index contributed by atoms with van der Waals surface area (Å²) in [5.41, 5.74) is 0. The maximum atomic E-state index is 11.2. The van der Waals surface area contributed by atoms with E-state index in [1.165, 1.54) is 17.5 Å². The summed E-state index contributed by atoms with van der Waals surface area (Å²) >= 11 is 1.24. The molecule has 1 saturated heterocycles. The van der Waals surface area contributed by atoms with E-state index in [-0.39, 0.29) is 17.5 Å². The number of nitrogens with one attached hydrogen (secondary N) is 1. The lowest BCUT2D eigenvalue weighted by Gasteiger charge is -2.07. The highest BCUT2D eigenvalue weighted by Gasteiger charge is 2.28. The van der Waals surface area contributed by atoms with Crippen LogP contribution in [0.2, 0.25) is 0 Å². The Balaban J connectivity index is 2.02. The Kier molecular flexibility index (Phi) is 2.63. The summed E-state index contributed by atoms with van der Waals surface area (Å²) in [5, 5.41) is 12.2. The fourth-order valence-corrected chi connectivity index (χ4v) is 3.84. The van der Waals surface area contributed by atoms with Gasteiger partial charge in [0.05, 0.1) is 17.7 Å². The largest absolute Gasteiger partial charge is 0.358 e. The summed E-state index contributed by atoms with van der Waals surface area (Å²) in [4.78, 5) is 4.51. The molecule has 1 fully saturated rings. The molecule has 0 amide bonds. The van der Waals surface area contributed by atoms with Gasteiger partial charge in [0.1, 0.15) is 10.9 Å². The van der Waals surface area contributed by atoms with E-state index in [1.54, 1.807) is 0 Å². The van der Waals surface area contributed by atoms with Gasteiger partial charge in [0.2, 0.25) is 0 Å². The maximum Gasteiger partial charge on any atom is 0.184 e. The lowest BCUT2D eigenvalue weighted by Crippen LogP contribution is -2.20. The van der Waals surface area contributed by atoms with Gasteiger partial charge in [-0.05, 0) is 6.42 Å². The van der Waals surface area contributed by atoms with Gasteiger partial charge < -0.3 is 5.32 Å². The molecule has 0 aromatic carbocycles. The minimum absolute atomic E-state index is 0.0623. The van der Waals surface area contributed by atoms with Crippen molar-refractivity contribution in [1.82, 2.24) is 4.98 Å². The summed E-state index contributed by atoms with van der Waals surface area (Å²) in [5.74, 6) is 0.398. The summed E-state index contributed by atoms with van der Waals surface area (Å²) in [6.07, 6.45) is 2.10. The molecule has 0 radical (unpaired) electrons. The van der Waals surface area contributed by atoms with Crippen molar-refractivity contribution in [1.29, 1.82) is 5.26 Å². The van der Waals surface area contributed by atoms with Crippen LogP contribution in [0.15, 0.2) is 6.20 Å². The topological polar surface area (TPSA) is 82.8 Å². The minimum atomic E-state index is -2.86. The average molecular weight is 243 g/mol. The summed E-state index contributed by atoms with van der Waals surface area (Å²) in [6.45, 7) is 0. The SMILES string of the molecule is N#Cc1cnc(NC2CCS(=O)(=O)C2)s1. The van der Waals surface area contributed by atoms with Crippen LogP contribution in [0.25, 0.3) is 0 Å². The van der Waals surface area contributed by atoms with E-state index in [1.807, 2.05) is 6.07 Å². The quantitative estimate of drug-likeness (QED) is 0.823. The van der Waals surface area contributed by atoms with Crippen molar-refractivity contribution >= 4 is 26.3 Å². The van der Waals surface area contributed by atoms with Crippen LogP contribution in [0.3, 0.4) is 0 Å². The first kappa shape index (κ1) is 10.4.